The summed E-state index contributed by atoms with van der Waals surface area (Å²) < 4.78 is 0. The summed E-state index contributed by atoms with van der Waals surface area (Å²) in [7, 11) is 0. The molecule has 1 saturated heterocycles. The Morgan fingerprint density at radius 2 is 2.20 bits per heavy atom. The number of fused-ring (bicyclic) bond motifs is 3. The van der Waals surface area contributed by atoms with Gasteiger partial charge in [0.1, 0.15) is 5.66 Å². The molecule has 0 bridgehead atoms. The largest absolute Gasteiger partial charge is 0.333 e. The maximum atomic E-state index is 11.5. The normalized spacial score (nSPS) is 29.5. The maximum absolute atomic E-state index is 11.5. The van der Waals surface area contributed by atoms with Crippen LogP contribution in [-0.4, -0.2) is 23.9 Å². The van der Waals surface area contributed by atoms with Crippen LogP contribution in [0.3, 0.4) is 0 Å². The van der Waals surface area contributed by atoms with Gasteiger partial charge in [-0.25, -0.2) is 0 Å². The van der Waals surface area contributed by atoms with Crippen LogP contribution in [0.5, 0.6) is 0 Å². The summed E-state index contributed by atoms with van der Waals surface area (Å²) in [5, 5.41) is 3.08. The zero-order valence-electron chi connectivity index (χ0n) is 8.79. The Hall–Kier alpha value is -1.35. The van der Waals surface area contributed by atoms with Gasteiger partial charge in [0.15, 0.2) is 0 Å². The van der Waals surface area contributed by atoms with Gasteiger partial charge >= 0.3 is 0 Å². The van der Waals surface area contributed by atoms with Crippen molar-refractivity contribution >= 4 is 5.91 Å². The van der Waals surface area contributed by atoms with Crippen LogP contribution in [0, 0.1) is 0 Å². The molecular formula is C12H14N2O. The summed E-state index contributed by atoms with van der Waals surface area (Å²) in [5.74, 6) is 0.134. The molecule has 0 radical (unpaired) electrons. The van der Waals surface area contributed by atoms with E-state index in [9.17, 15) is 4.79 Å². The quantitative estimate of drug-likeness (QED) is 0.676. The molecular weight excluding hydrogens is 188 g/mol. The third-order valence-corrected chi connectivity index (χ3v) is 3.54. The molecule has 1 aromatic carbocycles. The average Bonchev–Trinajstić information content (AvgIpc) is 2.53. The monoisotopic (exact) mass is 202 g/mol. The second-order valence-corrected chi connectivity index (χ2v) is 4.45. The fourth-order valence-electron chi connectivity index (χ4n) is 2.73. The standard InChI is InChI=1S/C12H14N2O/c1-12-10-5-3-2-4-9(10)6-7-14(12)8-11(15)13-12/h2-5H,6-8H2,1H3,(H,13,15)/t12-/m0/s1. The molecule has 3 heteroatoms. The van der Waals surface area contributed by atoms with E-state index in [0.29, 0.717) is 6.54 Å². The lowest BCUT2D eigenvalue weighted by Crippen LogP contribution is -2.50. The van der Waals surface area contributed by atoms with Crippen LogP contribution in [0.15, 0.2) is 24.3 Å². The third-order valence-electron chi connectivity index (χ3n) is 3.54. The third kappa shape index (κ3) is 1.13. The molecule has 0 saturated carbocycles. The van der Waals surface area contributed by atoms with Crippen molar-refractivity contribution in [2.45, 2.75) is 19.0 Å². The van der Waals surface area contributed by atoms with Gasteiger partial charge in [0.05, 0.1) is 6.54 Å². The van der Waals surface area contributed by atoms with Crippen molar-refractivity contribution in [2.24, 2.45) is 0 Å². The predicted molar refractivity (Wildman–Crippen MR) is 57.2 cm³/mol. The highest BCUT2D eigenvalue weighted by Gasteiger charge is 2.44. The van der Waals surface area contributed by atoms with E-state index < -0.39 is 0 Å². The molecule has 2 heterocycles. The van der Waals surface area contributed by atoms with Gasteiger partial charge in [-0.05, 0) is 24.5 Å². The molecule has 1 N–H and O–H groups in total. The van der Waals surface area contributed by atoms with Gasteiger partial charge in [-0.2, -0.15) is 0 Å². The lowest BCUT2D eigenvalue weighted by molar-refractivity contribution is -0.118. The SMILES string of the molecule is C[C@]12NC(=O)CN1CCc1ccccc12. The van der Waals surface area contributed by atoms with Gasteiger partial charge in [-0.3, -0.25) is 9.69 Å². The first-order valence-electron chi connectivity index (χ1n) is 5.34. The second kappa shape index (κ2) is 2.83. The highest BCUT2D eigenvalue weighted by atomic mass is 16.2. The van der Waals surface area contributed by atoms with Crippen LogP contribution >= 0.6 is 0 Å². The van der Waals surface area contributed by atoms with E-state index in [1.807, 2.05) is 6.07 Å². The Kier molecular flexibility index (Phi) is 1.68. The van der Waals surface area contributed by atoms with E-state index >= 15 is 0 Å². The Bertz CT molecular complexity index is 429. The zero-order valence-corrected chi connectivity index (χ0v) is 8.79. The van der Waals surface area contributed by atoms with Crippen molar-refractivity contribution in [3.05, 3.63) is 35.4 Å². The molecule has 0 aliphatic carbocycles. The van der Waals surface area contributed by atoms with Crippen molar-refractivity contribution in [1.82, 2.24) is 10.2 Å². The summed E-state index contributed by atoms with van der Waals surface area (Å²) in [6.45, 7) is 3.59. The number of nitrogens with zero attached hydrogens (tertiary/aromatic N) is 1. The molecule has 1 fully saturated rings. The predicted octanol–water partition coefficient (Wildman–Crippen LogP) is 0.847. The van der Waals surface area contributed by atoms with Crippen LogP contribution in [0.1, 0.15) is 18.1 Å². The Labute approximate surface area is 89.1 Å². The minimum atomic E-state index is -0.272. The van der Waals surface area contributed by atoms with Gasteiger partial charge in [-0.1, -0.05) is 24.3 Å². The van der Waals surface area contributed by atoms with Gasteiger partial charge < -0.3 is 5.32 Å². The summed E-state index contributed by atoms with van der Waals surface area (Å²) in [5.41, 5.74) is 2.34. The van der Waals surface area contributed by atoms with Crippen LogP contribution in [0.2, 0.25) is 0 Å². The number of carbonyl (C=O) groups is 1. The highest BCUT2D eigenvalue weighted by Crippen LogP contribution is 2.35. The molecule has 0 aromatic heterocycles. The van der Waals surface area contributed by atoms with E-state index in [1.54, 1.807) is 0 Å². The molecule has 0 spiro atoms. The lowest BCUT2D eigenvalue weighted by atomic mass is 9.89. The van der Waals surface area contributed by atoms with E-state index in [4.69, 9.17) is 0 Å². The average molecular weight is 202 g/mol. The molecule has 15 heavy (non-hydrogen) atoms. The minimum Gasteiger partial charge on any atom is -0.333 e. The second-order valence-electron chi connectivity index (χ2n) is 4.45. The van der Waals surface area contributed by atoms with Crippen LogP contribution in [-0.2, 0) is 16.9 Å². The topological polar surface area (TPSA) is 32.3 Å². The van der Waals surface area contributed by atoms with Gasteiger partial charge in [-0.15, -0.1) is 0 Å². The smallest absolute Gasteiger partial charge is 0.235 e. The van der Waals surface area contributed by atoms with Crippen molar-refractivity contribution < 1.29 is 4.79 Å². The first-order chi connectivity index (χ1) is 7.20. The number of rotatable bonds is 0. The fraction of sp³-hybridized carbons (Fsp3) is 0.417. The van der Waals surface area contributed by atoms with Crippen LogP contribution in [0.4, 0.5) is 0 Å². The Balaban J connectivity index is 2.15. The minimum absolute atomic E-state index is 0.134. The molecule has 1 atom stereocenters. The number of amides is 1. The van der Waals surface area contributed by atoms with E-state index in [-0.39, 0.29) is 11.6 Å². The first-order valence-corrected chi connectivity index (χ1v) is 5.34. The molecule has 2 aliphatic rings. The number of hydrogen-bond donors (Lipinski definition) is 1. The van der Waals surface area contributed by atoms with E-state index in [0.717, 1.165) is 13.0 Å². The zero-order chi connectivity index (χ0) is 10.5. The van der Waals surface area contributed by atoms with E-state index in [1.165, 1.54) is 11.1 Å². The van der Waals surface area contributed by atoms with E-state index in [2.05, 4.69) is 35.3 Å². The van der Waals surface area contributed by atoms with Gasteiger partial charge in [0.2, 0.25) is 5.91 Å². The van der Waals surface area contributed by atoms with Crippen molar-refractivity contribution in [2.75, 3.05) is 13.1 Å². The van der Waals surface area contributed by atoms with Gasteiger partial charge in [0, 0.05) is 6.54 Å². The number of benzene rings is 1. The van der Waals surface area contributed by atoms with Crippen molar-refractivity contribution in [1.29, 1.82) is 0 Å². The summed E-state index contributed by atoms with van der Waals surface area (Å²) in [6, 6.07) is 8.38. The maximum Gasteiger partial charge on any atom is 0.235 e. The Morgan fingerprint density at radius 1 is 1.40 bits per heavy atom. The fourth-order valence-corrected chi connectivity index (χ4v) is 2.73. The lowest BCUT2D eigenvalue weighted by Gasteiger charge is -2.40. The summed E-state index contributed by atoms with van der Waals surface area (Å²) in [4.78, 5) is 13.7. The number of hydrogen-bond acceptors (Lipinski definition) is 2. The molecule has 3 rings (SSSR count). The molecule has 3 nitrogen and oxygen atoms in total. The van der Waals surface area contributed by atoms with Crippen LogP contribution < -0.4 is 5.32 Å². The molecule has 1 aromatic rings. The number of carbonyl (C=O) groups excluding carboxylic acids is 1. The molecule has 2 aliphatic heterocycles. The van der Waals surface area contributed by atoms with Gasteiger partial charge in [0.25, 0.3) is 0 Å². The summed E-state index contributed by atoms with van der Waals surface area (Å²) in [6.07, 6.45) is 1.04. The molecule has 0 unspecified atom stereocenters. The van der Waals surface area contributed by atoms with Crippen molar-refractivity contribution in [3.8, 4) is 0 Å². The number of nitrogens with one attached hydrogen (secondary N) is 1. The van der Waals surface area contributed by atoms with Crippen molar-refractivity contribution in [3.63, 3.8) is 0 Å². The molecule has 78 valence electrons. The van der Waals surface area contributed by atoms with Crippen LogP contribution in [0.25, 0.3) is 0 Å². The highest BCUT2D eigenvalue weighted by molar-refractivity contribution is 5.81. The first kappa shape index (κ1) is 8.92. The Morgan fingerprint density at radius 3 is 3.07 bits per heavy atom. The molecule has 1 amide bonds. The summed E-state index contributed by atoms with van der Waals surface area (Å²) >= 11 is 0.